The van der Waals surface area contributed by atoms with Gasteiger partial charge in [0.05, 0.1) is 11.9 Å². The summed E-state index contributed by atoms with van der Waals surface area (Å²) in [6, 6.07) is -0.568. The van der Waals surface area contributed by atoms with Crippen LogP contribution in [0, 0.1) is 6.92 Å². The van der Waals surface area contributed by atoms with Gasteiger partial charge in [0.1, 0.15) is 5.82 Å². The van der Waals surface area contributed by atoms with Crippen molar-refractivity contribution in [2.45, 2.75) is 32.2 Å². The number of H-pyrrole nitrogens is 1. The predicted octanol–water partition coefficient (Wildman–Crippen LogP) is 1.33. The fourth-order valence-electron chi connectivity index (χ4n) is 2.24. The van der Waals surface area contributed by atoms with E-state index in [1.807, 2.05) is 11.8 Å². The smallest absolute Gasteiger partial charge is 0.327 e. The Hall–Kier alpha value is -1.36. The fourth-order valence-corrected chi connectivity index (χ4v) is 2.24. The maximum atomic E-state index is 11.3. The van der Waals surface area contributed by atoms with Crippen molar-refractivity contribution in [3.63, 3.8) is 0 Å². The second kappa shape index (κ2) is 4.65. The fraction of sp³-hybridized carbons (Fsp3) is 0.636. The van der Waals surface area contributed by atoms with E-state index in [2.05, 4.69) is 9.97 Å². The van der Waals surface area contributed by atoms with Gasteiger partial charge in [0.25, 0.3) is 0 Å². The summed E-state index contributed by atoms with van der Waals surface area (Å²) in [7, 11) is 0. The zero-order valence-electron chi connectivity index (χ0n) is 9.44. The third kappa shape index (κ3) is 2.24. The van der Waals surface area contributed by atoms with E-state index in [0.717, 1.165) is 31.8 Å². The van der Waals surface area contributed by atoms with Crippen molar-refractivity contribution in [2.75, 3.05) is 13.1 Å². The summed E-state index contributed by atoms with van der Waals surface area (Å²) in [5.74, 6) is -0.0381. The Morgan fingerprint density at radius 2 is 2.19 bits per heavy atom. The average Bonchev–Trinajstić information content (AvgIpc) is 2.66. The molecule has 1 aromatic heterocycles. The van der Waals surface area contributed by atoms with Gasteiger partial charge in [-0.3, -0.25) is 9.69 Å². The molecule has 1 fully saturated rings. The molecule has 0 aliphatic carbocycles. The highest BCUT2D eigenvalue weighted by Gasteiger charge is 2.29. The number of rotatable bonds is 3. The number of carboxylic acid groups (broad SMARTS) is 1. The largest absolute Gasteiger partial charge is 0.480 e. The molecule has 16 heavy (non-hydrogen) atoms. The maximum Gasteiger partial charge on any atom is 0.327 e. The van der Waals surface area contributed by atoms with Crippen LogP contribution in [0.2, 0.25) is 0 Å². The highest BCUT2D eigenvalue weighted by molar-refractivity contribution is 5.74. The van der Waals surface area contributed by atoms with Crippen LogP contribution in [0.1, 0.15) is 36.8 Å². The number of hydrogen-bond acceptors (Lipinski definition) is 3. The highest BCUT2D eigenvalue weighted by Crippen LogP contribution is 2.23. The number of aromatic amines is 1. The lowest BCUT2D eigenvalue weighted by Gasteiger charge is -2.31. The van der Waals surface area contributed by atoms with Gasteiger partial charge < -0.3 is 10.1 Å². The minimum absolute atomic E-state index is 0.568. The van der Waals surface area contributed by atoms with Crippen molar-refractivity contribution in [1.82, 2.24) is 14.9 Å². The molecule has 0 radical (unpaired) electrons. The number of likely N-dealkylation sites (tertiary alicyclic amines) is 1. The number of imidazole rings is 1. The summed E-state index contributed by atoms with van der Waals surface area (Å²) < 4.78 is 0. The Kier molecular flexibility index (Phi) is 3.24. The van der Waals surface area contributed by atoms with Crippen molar-refractivity contribution in [3.8, 4) is 0 Å². The normalized spacial score (nSPS) is 19.6. The molecule has 1 saturated heterocycles. The van der Waals surface area contributed by atoms with E-state index >= 15 is 0 Å². The zero-order valence-corrected chi connectivity index (χ0v) is 9.44. The third-order valence-electron chi connectivity index (χ3n) is 3.01. The van der Waals surface area contributed by atoms with Crippen molar-refractivity contribution in [3.05, 3.63) is 17.7 Å². The van der Waals surface area contributed by atoms with Crippen LogP contribution in [0.25, 0.3) is 0 Å². The van der Waals surface area contributed by atoms with Gasteiger partial charge in [-0.2, -0.15) is 0 Å². The van der Waals surface area contributed by atoms with Crippen LogP contribution in [-0.2, 0) is 4.79 Å². The summed E-state index contributed by atoms with van der Waals surface area (Å²) in [6.07, 6.45) is 4.99. The van der Waals surface area contributed by atoms with E-state index in [-0.39, 0.29) is 0 Å². The molecule has 0 amide bonds. The van der Waals surface area contributed by atoms with Crippen LogP contribution in [-0.4, -0.2) is 39.0 Å². The molecule has 5 heteroatoms. The second-order valence-electron chi connectivity index (χ2n) is 4.26. The lowest BCUT2D eigenvalue weighted by Crippen LogP contribution is -2.38. The second-order valence-corrected chi connectivity index (χ2v) is 4.26. The van der Waals surface area contributed by atoms with Crippen molar-refractivity contribution in [2.24, 2.45) is 0 Å². The molecule has 0 bridgehead atoms. The molecule has 2 rings (SSSR count). The predicted molar refractivity (Wildman–Crippen MR) is 59.1 cm³/mol. The Morgan fingerprint density at radius 1 is 1.50 bits per heavy atom. The number of hydrogen-bond donors (Lipinski definition) is 2. The zero-order chi connectivity index (χ0) is 11.5. The lowest BCUT2D eigenvalue weighted by molar-refractivity contribution is -0.144. The summed E-state index contributed by atoms with van der Waals surface area (Å²) in [5, 5.41) is 9.30. The molecule has 1 aromatic rings. The topological polar surface area (TPSA) is 69.2 Å². The van der Waals surface area contributed by atoms with E-state index in [0.29, 0.717) is 5.69 Å². The number of aliphatic carboxylic acids is 1. The summed E-state index contributed by atoms with van der Waals surface area (Å²) in [5.41, 5.74) is 0.687. The van der Waals surface area contributed by atoms with E-state index in [4.69, 9.17) is 0 Å². The van der Waals surface area contributed by atoms with Gasteiger partial charge in [0, 0.05) is 0 Å². The number of nitrogens with one attached hydrogen (secondary N) is 1. The Balaban J connectivity index is 2.19. The lowest BCUT2D eigenvalue weighted by atomic mass is 10.1. The van der Waals surface area contributed by atoms with E-state index in [9.17, 15) is 9.90 Å². The first-order chi connectivity index (χ1) is 7.68. The Labute approximate surface area is 94.5 Å². The van der Waals surface area contributed by atoms with Gasteiger partial charge in [-0.05, 0) is 32.9 Å². The van der Waals surface area contributed by atoms with Crippen LogP contribution in [0.15, 0.2) is 6.20 Å². The molecule has 2 heterocycles. The number of piperidine rings is 1. The molecule has 2 N–H and O–H groups in total. The van der Waals surface area contributed by atoms with E-state index < -0.39 is 12.0 Å². The molecule has 88 valence electrons. The summed E-state index contributed by atoms with van der Waals surface area (Å²) in [4.78, 5) is 20.4. The molecule has 0 aromatic carbocycles. The van der Waals surface area contributed by atoms with Crippen molar-refractivity contribution >= 4 is 5.97 Å². The number of nitrogens with zero attached hydrogens (tertiary/aromatic N) is 2. The summed E-state index contributed by atoms with van der Waals surface area (Å²) >= 11 is 0. The van der Waals surface area contributed by atoms with E-state index in [1.54, 1.807) is 6.20 Å². The van der Waals surface area contributed by atoms with Gasteiger partial charge in [0.2, 0.25) is 0 Å². The van der Waals surface area contributed by atoms with Gasteiger partial charge in [-0.25, -0.2) is 4.98 Å². The maximum absolute atomic E-state index is 11.3. The molecule has 0 spiro atoms. The van der Waals surface area contributed by atoms with Crippen LogP contribution >= 0.6 is 0 Å². The molecule has 1 atom stereocenters. The first kappa shape index (κ1) is 11.1. The quantitative estimate of drug-likeness (QED) is 0.811. The minimum Gasteiger partial charge on any atom is -0.480 e. The molecular weight excluding hydrogens is 206 g/mol. The number of aryl methyl sites for hydroxylation is 1. The van der Waals surface area contributed by atoms with Gasteiger partial charge in [-0.1, -0.05) is 6.42 Å². The van der Waals surface area contributed by atoms with E-state index in [1.165, 1.54) is 6.42 Å². The third-order valence-corrected chi connectivity index (χ3v) is 3.01. The Morgan fingerprint density at radius 3 is 2.69 bits per heavy atom. The Bertz CT molecular complexity index is 369. The first-order valence-corrected chi connectivity index (χ1v) is 5.67. The number of carbonyl (C=O) groups is 1. The first-order valence-electron chi connectivity index (χ1n) is 5.67. The van der Waals surface area contributed by atoms with Crippen LogP contribution in [0.5, 0.6) is 0 Å². The van der Waals surface area contributed by atoms with Crippen molar-refractivity contribution < 1.29 is 9.90 Å². The molecular formula is C11H17N3O2. The molecule has 1 aliphatic rings. The van der Waals surface area contributed by atoms with Gasteiger partial charge in [0.15, 0.2) is 6.04 Å². The monoisotopic (exact) mass is 223 g/mol. The van der Waals surface area contributed by atoms with Crippen LogP contribution in [0.3, 0.4) is 0 Å². The molecule has 5 nitrogen and oxygen atoms in total. The van der Waals surface area contributed by atoms with Crippen molar-refractivity contribution in [1.29, 1.82) is 0 Å². The van der Waals surface area contributed by atoms with Crippen LogP contribution < -0.4 is 0 Å². The minimum atomic E-state index is -0.800. The van der Waals surface area contributed by atoms with Crippen LogP contribution in [0.4, 0.5) is 0 Å². The highest BCUT2D eigenvalue weighted by atomic mass is 16.4. The number of aromatic nitrogens is 2. The number of carboxylic acids is 1. The average molecular weight is 223 g/mol. The molecule has 0 saturated carbocycles. The SMILES string of the molecule is Cc1ncc(C(C(=O)O)N2CCCCC2)[nH]1. The van der Waals surface area contributed by atoms with Gasteiger partial charge in [-0.15, -0.1) is 0 Å². The standard InChI is InChI=1S/C11H17N3O2/c1-8-12-7-9(13-8)10(11(15)16)14-5-3-2-4-6-14/h7,10H,2-6H2,1H3,(H,12,13)(H,15,16). The molecule has 1 unspecified atom stereocenters. The summed E-state index contributed by atoms with van der Waals surface area (Å²) in [6.45, 7) is 3.54. The van der Waals surface area contributed by atoms with Gasteiger partial charge >= 0.3 is 5.97 Å². The molecule has 1 aliphatic heterocycles.